The molecule has 0 radical (unpaired) electrons. The monoisotopic (exact) mass is 367 g/mol. The van der Waals surface area contributed by atoms with Gasteiger partial charge in [0.25, 0.3) is 0 Å². The summed E-state index contributed by atoms with van der Waals surface area (Å²) < 4.78 is 16.6. The number of carbonyl (C=O) groups excluding carboxylic acids is 1. The maximum Gasteiger partial charge on any atom is 0.410 e. The number of ether oxygens (including phenoxy) is 3. The van der Waals surface area contributed by atoms with Gasteiger partial charge in [0.1, 0.15) is 12.4 Å². The van der Waals surface area contributed by atoms with Crippen LogP contribution in [0.15, 0.2) is 67.3 Å². The van der Waals surface area contributed by atoms with E-state index in [1.807, 2.05) is 54.6 Å². The average Bonchev–Trinajstić information content (AvgIpc) is 3.15. The van der Waals surface area contributed by atoms with Gasteiger partial charge < -0.3 is 14.2 Å². The van der Waals surface area contributed by atoms with Crippen molar-refractivity contribution in [1.82, 2.24) is 4.90 Å². The molecular formula is C22H25NO4. The van der Waals surface area contributed by atoms with Gasteiger partial charge in [-0.05, 0) is 29.7 Å². The van der Waals surface area contributed by atoms with Crippen molar-refractivity contribution >= 4 is 6.09 Å². The van der Waals surface area contributed by atoms with Crippen molar-refractivity contribution in [2.75, 3.05) is 13.7 Å². The summed E-state index contributed by atoms with van der Waals surface area (Å²) in [4.78, 5) is 14.2. The third-order valence-electron chi connectivity index (χ3n) is 4.66. The molecule has 142 valence electrons. The number of benzene rings is 2. The fourth-order valence-electron chi connectivity index (χ4n) is 3.12. The van der Waals surface area contributed by atoms with Gasteiger partial charge in [-0.25, -0.2) is 4.79 Å². The molecule has 1 aliphatic heterocycles. The molecule has 1 saturated heterocycles. The Morgan fingerprint density at radius 1 is 1.11 bits per heavy atom. The van der Waals surface area contributed by atoms with E-state index in [1.54, 1.807) is 18.1 Å². The van der Waals surface area contributed by atoms with Crippen LogP contribution in [0.1, 0.15) is 17.5 Å². The standard InChI is InChI=1S/C22H25NO4/c1-3-19-13-21(26-15-18-9-11-20(25-2)12-10-18)14-23(19)22(24)27-16-17-7-5-4-6-8-17/h3-12,19,21H,1,13-16H2,2H3/t19-,21+/m0/s1. The minimum atomic E-state index is -0.334. The van der Waals surface area contributed by atoms with Crippen molar-refractivity contribution in [2.24, 2.45) is 0 Å². The van der Waals surface area contributed by atoms with E-state index in [-0.39, 0.29) is 24.8 Å². The number of methoxy groups -OCH3 is 1. The summed E-state index contributed by atoms with van der Waals surface area (Å²) in [5.74, 6) is 0.818. The van der Waals surface area contributed by atoms with Crippen molar-refractivity contribution in [3.05, 3.63) is 78.4 Å². The Labute approximate surface area is 160 Å². The van der Waals surface area contributed by atoms with E-state index in [4.69, 9.17) is 14.2 Å². The maximum atomic E-state index is 12.5. The number of hydrogen-bond donors (Lipinski definition) is 0. The molecule has 1 heterocycles. The Bertz CT molecular complexity index is 745. The van der Waals surface area contributed by atoms with Crippen molar-refractivity contribution in [1.29, 1.82) is 0 Å². The molecule has 1 amide bonds. The van der Waals surface area contributed by atoms with Crippen LogP contribution in [0.25, 0.3) is 0 Å². The second kappa shape index (κ2) is 9.24. The Balaban J connectivity index is 1.51. The molecule has 2 aromatic rings. The molecule has 0 aromatic heterocycles. The van der Waals surface area contributed by atoms with Crippen LogP contribution in [0.5, 0.6) is 5.75 Å². The van der Waals surface area contributed by atoms with Crippen LogP contribution in [0.2, 0.25) is 0 Å². The SMILES string of the molecule is C=C[C@H]1C[C@@H](OCc2ccc(OC)cc2)CN1C(=O)OCc1ccccc1. The molecule has 5 heteroatoms. The molecule has 1 aliphatic rings. The fourth-order valence-corrected chi connectivity index (χ4v) is 3.12. The number of rotatable bonds is 7. The molecule has 5 nitrogen and oxygen atoms in total. The van der Waals surface area contributed by atoms with E-state index in [9.17, 15) is 4.79 Å². The van der Waals surface area contributed by atoms with Gasteiger partial charge in [-0.1, -0.05) is 48.5 Å². The molecule has 0 spiro atoms. The molecule has 0 N–H and O–H groups in total. The summed E-state index contributed by atoms with van der Waals surface area (Å²) in [5.41, 5.74) is 2.03. The van der Waals surface area contributed by atoms with Gasteiger partial charge in [-0.15, -0.1) is 6.58 Å². The number of amides is 1. The Morgan fingerprint density at radius 2 is 1.81 bits per heavy atom. The van der Waals surface area contributed by atoms with E-state index in [0.717, 1.165) is 23.3 Å². The van der Waals surface area contributed by atoms with E-state index in [0.29, 0.717) is 13.2 Å². The van der Waals surface area contributed by atoms with Gasteiger partial charge in [-0.2, -0.15) is 0 Å². The van der Waals surface area contributed by atoms with E-state index >= 15 is 0 Å². The normalized spacial score (nSPS) is 18.9. The highest BCUT2D eigenvalue weighted by Gasteiger charge is 2.35. The van der Waals surface area contributed by atoms with E-state index in [2.05, 4.69) is 6.58 Å². The highest BCUT2D eigenvalue weighted by atomic mass is 16.6. The Kier molecular flexibility index (Phi) is 6.49. The van der Waals surface area contributed by atoms with Gasteiger partial charge in [0.15, 0.2) is 0 Å². The first kappa shape index (κ1) is 19.0. The van der Waals surface area contributed by atoms with Gasteiger partial charge in [0.2, 0.25) is 0 Å². The molecule has 0 aliphatic carbocycles. The van der Waals surface area contributed by atoms with Crippen molar-refractivity contribution in [3.63, 3.8) is 0 Å². The number of carbonyl (C=O) groups is 1. The summed E-state index contributed by atoms with van der Waals surface area (Å²) in [6.45, 7) is 5.10. The minimum Gasteiger partial charge on any atom is -0.497 e. The van der Waals surface area contributed by atoms with Crippen molar-refractivity contribution in [2.45, 2.75) is 31.8 Å². The predicted octanol–water partition coefficient (Wildman–Crippen LogP) is 4.18. The fraction of sp³-hybridized carbons (Fsp3) is 0.318. The Morgan fingerprint density at radius 3 is 2.48 bits per heavy atom. The van der Waals surface area contributed by atoms with Crippen molar-refractivity contribution < 1.29 is 19.0 Å². The summed E-state index contributed by atoms with van der Waals surface area (Å²) in [7, 11) is 1.64. The third kappa shape index (κ3) is 5.11. The van der Waals surface area contributed by atoms with Crippen LogP contribution in [0, 0.1) is 0 Å². The van der Waals surface area contributed by atoms with E-state index in [1.165, 1.54) is 0 Å². The lowest BCUT2D eigenvalue weighted by Crippen LogP contribution is -2.35. The zero-order chi connectivity index (χ0) is 19.1. The van der Waals surface area contributed by atoms with Crippen LogP contribution in [0.3, 0.4) is 0 Å². The average molecular weight is 367 g/mol. The topological polar surface area (TPSA) is 48.0 Å². The molecule has 0 saturated carbocycles. The van der Waals surface area contributed by atoms with Crippen molar-refractivity contribution in [3.8, 4) is 5.75 Å². The number of hydrogen-bond acceptors (Lipinski definition) is 4. The zero-order valence-corrected chi connectivity index (χ0v) is 15.5. The molecule has 2 aromatic carbocycles. The predicted molar refractivity (Wildman–Crippen MR) is 104 cm³/mol. The highest BCUT2D eigenvalue weighted by Crippen LogP contribution is 2.24. The smallest absolute Gasteiger partial charge is 0.410 e. The zero-order valence-electron chi connectivity index (χ0n) is 15.5. The molecule has 27 heavy (non-hydrogen) atoms. The highest BCUT2D eigenvalue weighted by molar-refractivity contribution is 5.69. The van der Waals surface area contributed by atoms with Crippen LogP contribution in [0.4, 0.5) is 4.79 Å². The van der Waals surface area contributed by atoms with Crippen LogP contribution >= 0.6 is 0 Å². The molecule has 1 fully saturated rings. The lowest BCUT2D eigenvalue weighted by Gasteiger charge is -2.21. The van der Waals surface area contributed by atoms with Gasteiger partial charge in [0.05, 0.1) is 32.4 Å². The quantitative estimate of drug-likeness (QED) is 0.689. The van der Waals surface area contributed by atoms with Crippen LogP contribution < -0.4 is 4.74 Å². The summed E-state index contributed by atoms with van der Waals surface area (Å²) in [6, 6.07) is 17.4. The summed E-state index contributed by atoms with van der Waals surface area (Å²) >= 11 is 0. The number of nitrogens with zero attached hydrogens (tertiary/aromatic N) is 1. The molecule has 3 rings (SSSR count). The minimum absolute atomic E-state index is 0.0422. The second-order valence-corrected chi connectivity index (χ2v) is 6.51. The number of likely N-dealkylation sites (tertiary alicyclic amines) is 1. The van der Waals surface area contributed by atoms with Gasteiger partial charge in [0, 0.05) is 0 Å². The first-order valence-corrected chi connectivity index (χ1v) is 9.04. The van der Waals surface area contributed by atoms with E-state index < -0.39 is 0 Å². The molecule has 0 unspecified atom stereocenters. The summed E-state index contributed by atoms with van der Waals surface area (Å²) in [5, 5.41) is 0. The van der Waals surface area contributed by atoms with Crippen LogP contribution in [-0.4, -0.2) is 36.8 Å². The first-order valence-electron chi connectivity index (χ1n) is 9.04. The lowest BCUT2D eigenvalue weighted by atomic mass is 10.2. The Hall–Kier alpha value is -2.79. The second-order valence-electron chi connectivity index (χ2n) is 6.51. The van der Waals surface area contributed by atoms with Crippen LogP contribution in [-0.2, 0) is 22.7 Å². The first-order chi connectivity index (χ1) is 13.2. The van der Waals surface area contributed by atoms with Gasteiger partial charge >= 0.3 is 6.09 Å². The summed E-state index contributed by atoms with van der Waals surface area (Å²) in [6.07, 6.45) is 2.12. The third-order valence-corrected chi connectivity index (χ3v) is 4.66. The maximum absolute atomic E-state index is 12.5. The molecule has 2 atom stereocenters. The largest absolute Gasteiger partial charge is 0.497 e. The lowest BCUT2D eigenvalue weighted by molar-refractivity contribution is 0.0431. The molecule has 0 bridgehead atoms. The van der Waals surface area contributed by atoms with Gasteiger partial charge in [-0.3, -0.25) is 4.90 Å². The molecular weight excluding hydrogens is 342 g/mol.